The van der Waals surface area contributed by atoms with Crippen molar-refractivity contribution in [3.8, 4) is 11.1 Å². The molecular weight excluding hydrogens is 280 g/mol. The summed E-state index contributed by atoms with van der Waals surface area (Å²) in [6.07, 6.45) is 1.72. The van der Waals surface area contributed by atoms with Crippen LogP contribution in [0.3, 0.4) is 0 Å². The van der Waals surface area contributed by atoms with E-state index in [-0.39, 0.29) is 0 Å². The van der Waals surface area contributed by atoms with E-state index in [0.29, 0.717) is 0 Å². The third-order valence-corrected chi connectivity index (χ3v) is 3.25. The lowest BCUT2D eigenvalue weighted by molar-refractivity contribution is 0.979. The first-order valence-corrected chi connectivity index (χ1v) is 5.98. The minimum atomic E-state index is 0.781. The van der Waals surface area contributed by atoms with Crippen LogP contribution in [-0.2, 0) is 0 Å². The first kappa shape index (κ1) is 10.4. The number of hydrogen-bond acceptors (Lipinski definition) is 3. The summed E-state index contributed by atoms with van der Waals surface area (Å²) in [5.41, 5.74) is 2.86. The van der Waals surface area contributed by atoms with Gasteiger partial charge in [0.25, 0.3) is 0 Å². The number of hydrogen-bond donors (Lipinski definition) is 0. The van der Waals surface area contributed by atoms with Gasteiger partial charge in [0.05, 0.1) is 5.56 Å². The summed E-state index contributed by atoms with van der Waals surface area (Å²) in [6, 6.07) is 10.0. The van der Waals surface area contributed by atoms with Crippen LogP contribution in [0.25, 0.3) is 16.8 Å². The van der Waals surface area contributed by atoms with E-state index in [2.05, 4.69) is 31.1 Å². The Balaban J connectivity index is 2.39. The van der Waals surface area contributed by atoms with Gasteiger partial charge in [-0.15, -0.1) is 10.2 Å². The zero-order valence-electron chi connectivity index (χ0n) is 9.13. The molecule has 0 fully saturated rings. The molecule has 3 aromatic rings. The minimum Gasteiger partial charge on any atom is -0.269 e. The Kier molecular flexibility index (Phi) is 2.40. The van der Waals surface area contributed by atoms with Crippen molar-refractivity contribution in [2.45, 2.75) is 6.92 Å². The molecule has 2 heterocycles. The Morgan fingerprint density at radius 1 is 1.12 bits per heavy atom. The van der Waals surface area contributed by atoms with Gasteiger partial charge in [-0.1, -0.05) is 30.3 Å². The Labute approximate surface area is 106 Å². The minimum absolute atomic E-state index is 0.781. The Morgan fingerprint density at radius 3 is 2.65 bits per heavy atom. The van der Waals surface area contributed by atoms with Gasteiger partial charge in [-0.05, 0) is 28.4 Å². The Morgan fingerprint density at radius 2 is 1.88 bits per heavy atom. The fourth-order valence-electron chi connectivity index (χ4n) is 1.80. The van der Waals surface area contributed by atoms with E-state index in [1.807, 2.05) is 41.7 Å². The molecule has 84 valence electrons. The van der Waals surface area contributed by atoms with Crippen LogP contribution in [0.5, 0.6) is 0 Å². The average molecular weight is 289 g/mol. The number of aromatic nitrogens is 4. The third-order valence-electron chi connectivity index (χ3n) is 2.65. The third kappa shape index (κ3) is 1.63. The van der Waals surface area contributed by atoms with Gasteiger partial charge in [-0.3, -0.25) is 4.40 Å². The molecule has 5 heteroatoms. The topological polar surface area (TPSA) is 43.1 Å². The normalized spacial score (nSPS) is 10.9. The highest BCUT2D eigenvalue weighted by atomic mass is 79.9. The molecule has 3 rings (SSSR count). The molecule has 0 atom stereocenters. The number of benzene rings is 1. The molecule has 0 spiro atoms. The quantitative estimate of drug-likeness (QED) is 0.647. The lowest BCUT2D eigenvalue weighted by Crippen LogP contribution is -1.94. The van der Waals surface area contributed by atoms with Crippen LogP contribution in [-0.4, -0.2) is 19.6 Å². The molecule has 0 unspecified atom stereocenters. The maximum absolute atomic E-state index is 4.32. The van der Waals surface area contributed by atoms with Crippen LogP contribution in [0, 0.1) is 6.92 Å². The Bertz CT molecular complexity index is 676. The summed E-state index contributed by atoms with van der Waals surface area (Å²) >= 11 is 3.47. The highest BCUT2D eigenvalue weighted by molar-refractivity contribution is 9.10. The highest BCUT2D eigenvalue weighted by Gasteiger charge is 2.12. The second-order valence-corrected chi connectivity index (χ2v) is 4.47. The predicted molar refractivity (Wildman–Crippen MR) is 68.7 cm³/mol. The summed E-state index contributed by atoms with van der Waals surface area (Å²) in [6.45, 7) is 1.91. The molecule has 2 aromatic heterocycles. The van der Waals surface area contributed by atoms with E-state index in [1.165, 1.54) is 0 Å². The maximum Gasteiger partial charge on any atom is 0.172 e. The molecule has 0 aliphatic rings. The van der Waals surface area contributed by atoms with Gasteiger partial charge in [-0.25, -0.2) is 4.98 Å². The number of halogens is 1. The van der Waals surface area contributed by atoms with E-state index in [9.17, 15) is 0 Å². The summed E-state index contributed by atoms with van der Waals surface area (Å²) in [4.78, 5) is 4.32. The van der Waals surface area contributed by atoms with Crippen LogP contribution in [0.1, 0.15) is 5.82 Å². The fraction of sp³-hybridized carbons (Fsp3) is 0.0833. The zero-order valence-corrected chi connectivity index (χ0v) is 10.7. The lowest BCUT2D eigenvalue weighted by atomic mass is 10.1. The van der Waals surface area contributed by atoms with Crippen molar-refractivity contribution < 1.29 is 0 Å². The molecule has 0 aliphatic carbocycles. The van der Waals surface area contributed by atoms with Gasteiger partial charge < -0.3 is 0 Å². The molecule has 0 bridgehead atoms. The second-order valence-electron chi connectivity index (χ2n) is 3.72. The number of rotatable bonds is 1. The molecule has 0 N–H and O–H groups in total. The van der Waals surface area contributed by atoms with Gasteiger partial charge in [-0.2, -0.15) is 0 Å². The average Bonchev–Trinajstić information content (AvgIpc) is 2.72. The molecule has 1 aromatic carbocycles. The molecule has 17 heavy (non-hydrogen) atoms. The summed E-state index contributed by atoms with van der Waals surface area (Å²) in [5.74, 6) is 0.831. The maximum atomic E-state index is 4.32. The number of nitrogens with zero attached hydrogens (tertiary/aromatic N) is 4. The number of fused-ring (bicyclic) bond motifs is 1. The molecule has 0 aliphatic heterocycles. The van der Waals surface area contributed by atoms with Gasteiger partial charge >= 0.3 is 0 Å². The van der Waals surface area contributed by atoms with E-state index in [0.717, 1.165) is 27.2 Å². The van der Waals surface area contributed by atoms with Crippen molar-refractivity contribution in [3.05, 3.63) is 47.1 Å². The van der Waals surface area contributed by atoms with E-state index >= 15 is 0 Å². The van der Waals surface area contributed by atoms with Gasteiger partial charge in [0.15, 0.2) is 5.65 Å². The van der Waals surface area contributed by atoms with Crippen molar-refractivity contribution in [1.29, 1.82) is 0 Å². The molecular formula is C12H9BrN4. The van der Waals surface area contributed by atoms with Crippen LogP contribution in [0.2, 0.25) is 0 Å². The number of aryl methyl sites for hydroxylation is 1. The predicted octanol–water partition coefficient (Wildman–Crippen LogP) is 2.86. The molecule has 0 saturated heterocycles. The fourth-order valence-corrected chi connectivity index (χ4v) is 2.29. The SMILES string of the molecule is Cc1nnc2c(-c3ccccc3)c(Br)ncn12. The molecule has 0 amide bonds. The summed E-state index contributed by atoms with van der Waals surface area (Å²) in [7, 11) is 0. The van der Waals surface area contributed by atoms with Crippen LogP contribution in [0.15, 0.2) is 41.3 Å². The first-order chi connectivity index (χ1) is 8.27. The molecule has 0 radical (unpaired) electrons. The van der Waals surface area contributed by atoms with Crippen molar-refractivity contribution in [1.82, 2.24) is 19.6 Å². The monoisotopic (exact) mass is 288 g/mol. The Hall–Kier alpha value is -1.75. The van der Waals surface area contributed by atoms with E-state index in [1.54, 1.807) is 6.33 Å². The smallest absolute Gasteiger partial charge is 0.172 e. The van der Waals surface area contributed by atoms with Crippen LogP contribution >= 0.6 is 15.9 Å². The van der Waals surface area contributed by atoms with E-state index < -0.39 is 0 Å². The van der Waals surface area contributed by atoms with Crippen LogP contribution in [0.4, 0.5) is 0 Å². The van der Waals surface area contributed by atoms with Crippen molar-refractivity contribution in [2.24, 2.45) is 0 Å². The van der Waals surface area contributed by atoms with Crippen molar-refractivity contribution >= 4 is 21.6 Å². The molecule has 0 saturated carbocycles. The second kappa shape index (κ2) is 3.92. The van der Waals surface area contributed by atoms with Crippen LogP contribution < -0.4 is 0 Å². The van der Waals surface area contributed by atoms with Crippen molar-refractivity contribution in [3.63, 3.8) is 0 Å². The highest BCUT2D eigenvalue weighted by Crippen LogP contribution is 2.29. The van der Waals surface area contributed by atoms with E-state index in [4.69, 9.17) is 0 Å². The first-order valence-electron chi connectivity index (χ1n) is 5.18. The zero-order chi connectivity index (χ0) is 11.8. The standard InChI is InChI=1S/C12H9BrN4/c1-8-15-16-12-10(9-5-3-2-4-6-9)11(13)14-7-17(8)12/h2-7H,1H3. The summed E-state index contributed by atoms with van der Waals surface area (Å²) in [5, 5.41) is 8.27. The van der Waals surface area contributed by atoms with Gasteiger partial charge in [0.1, 0.15) is 16.8 Å². The van der Waals surface area contributed by atoms with Gasteiger partial charge in [0.2, 0.25) is 0 Å². The summed E-state index contributed by atoms with van der Waals surface area (Å²) < 4.78 is 2.66. The van der Waals surface area contributed by atoms with Crippen molar-refractivity contribution in [2.75, 3.05) is 0 Å². The lowest BCUT2D eigenvalue weighted by Gasteiger charge is -2.05. The molecule has 4 nitrogen and oxygen atoms in total. The van der Waals surface area contributed by atoms with Gasteiger partial charge in [0, 0.05) is 0 Å². The largest absolute Gasteiger partial charge is 0.269 e.